The SMILES string of the molecule is Cc1ccc(Cl)cc1Nc1cc(=O)n(N(C)C)cc1C(=O)O. The Hall–Kier alpha value is -2.47. The zero-order valence-corrected chi connectivity index (χ0v) is 13.2. The van der Waals surface area contributed by atoms with Crippen LogP contribution < -0.4 is 15.9 Å². The minimum absolute atomic E-state index is 0.00678. The molecule has 0 atom stereocenters. The number of carbonyl (C=O) groups is 1. The first-order valence-corrected chi connectivity index (χ1v) is 6.88. The minimum atomic E-state index is -1.13. The van der Waals surface area contributed by atoms with Gasteiger partial charge in [-0.25, -0.2) is 9.47 Å². The molecule has 2 rings (SSSR count). The van der Waals surface area contributed by atoms with Crippen molar-refractivity contribution in [2.45, 2.75) is 6.92 Å². The molecule has 0 saturated carbocycles. The quantitative estimate of drug-likeness (QED) is 0.904. The molecule has 2 aromatic rings. The van der Waals surface area contributed by atoms with Gasteiger partial charge in [-0.05, 0) is 24.6 Å². The maximum atomic E-state index is 12.1. The monoisotopic (exact) mass is 321 g/mol. The fourth-order valence-electron chi connectivity index (χ4n) is 1.98. The van der Waals surface area contributed by atoms with Crippen molar-refractivity contribution in [3.05, 3.63) is 57.0 Å². The number of anilines is 2. The van der Waals surface area contributed by atoms with E-state index >= 15 is 0 Å². The number of aromatic nitrogens is 1. The van der Waals surface area contributed by atoms with E-state index < -0.39 is 5.97 Å². The predicted molar refractivity (Wildman–Crippen MR) is 87.2 cm³/mol. The zero-order valence-electron chi connectivity index (χ0n) is 12.4. The summed E-state index contributed by atoms with van der Waals surface area (Å²) in [5.41, 5.74) is 1.42. The normalized spacial score (nSPS) is 10.4. The van der Waals surface area contributed by atoms with Crippen molar-refractivity contribution in [1.29, 1.82) is 0 Å². The van der Waals surface area contributed by atoms with Crippen molar-refractivity contribution in [2.24, 2.45) is 0 Å². The lowest BCUT2D eigenvalue weighted by Gasteiger charge is -2.18. The van der Waals surface area contributed by atoms with Crippen molar-refractivity contribution >= 4 is 28.9 Å². The summed E-state index contributed by atoms with van der Waals surface area (Å²) in [5.74, 6) is -1.13. The van der Waals surface area contributed by atoms with Crippen molar-refractivity contribution in [2.75, 3.05) is 24.4 Å². The number of hydrogen-bond acceptors (Lipinski definition) is 4. The van der Waals surface area contributed by atoms with Gasteiger partial charge >= 0.3 is 5.97 Å². The third-order valence-electron chi connectivity index (χ3n) is 3.17. The molecule has 22 heavy (non-hydrogen) atoms. The zero-order chi connectivity index (χ0) is 16.4. The molecule has 0 unspecified atom stereocenters. The first-order valence-electron chi connectivity index (χ1n) is 6.50. The summed E-state index contributed by atoms with van der Waals surface area (Å²) >= 11 is 5.95. The molecule has 2 N–H and O–H groups in total. The van der Waals surface area contributed by atoms with Gasteiger partial charge < -0.3 is 15.4 Å². The van der Waals surface area contributed by atoms with Gasteiger partial charge in [-0.1, -0.05) is 17.7 Å². The predicted octanol–water partition coefficient (Wildman–Crippen LogP) is 2.45. The molecule has 7 heteroatoms. The van der Waals surface area contributed by atoms with Crippen LogP contribution in [-0.2, 0) is 0 Å². The molecular weight excluding hydrogens is 306 g/mol. The van der Waals surface area contributed by atoms with Gasteiger partial charge in [-0.2, -0.15) is 0 Å². The number of hydrogen-bond donors (Lipinski definition) is 2. The third kappa shape index (κ3) is 3.23. The molecule has 0 aliphatic heterocycles. The molecule has 6 nitrogen and oxygen atoms in total. The Morgan fingerprint density at radius 2 is 1.95 bits per heavy atom. The smallest absolute Gasteiger partial charge is 0.339 e. The molecule has 0 fully saturated rings. The van der Waals surface area contributed by atoms with Crippen molar-refractivity contribution < 1.29 is 9.90 Å². The van der Waals surface area contributed by atoms with E-state index in [1.165, 1.54) is 21.9 Å². The van der Waals surface area contributed by atoms with Gasteiger partial charge in [-0.15, -0.1) is 0 Å². The Kier molecular flexibility index (Phi) is 4.42. The fourth-order valence-corrected chi connectivity index (χ4v) is 2.16. The number of aryl methyl sites for hydroxylation is 1. The van der Waals surface area contributed by atoms with Gasteiger partial charge in [0.05, 0.1) is 5.69 Å². The highest BCUT2D eigenvalue weighted by atomic mass is 35.5. The number of nitrogens with one attached hydrogen (secondary N) is 1. The number of rotatable bonds is 4. The molecule has 0 saturated heterocycles. The molecule has 1 aromatic heterocycles. The maximum absolute atomic E-state index is 12.1. The lowest BCUT2D eigenvalue weighted by Crippen LogP contribution is -2.36. The van der Waals surface area contributed by atoms with E-state index in [1.807, 2.05) is 13.0 Å². The lowest BCUT2D eigenvalue weighted by molar-refractivity contribution is 0.0697. The lowest BCUT2D eigenvalue weighted by atomic mass is 10.1. The number of carboxylic acid groups (broad SMARTS) is 1. The molecule has 1 heterocycles. The Morgan fingerprint density at radius 1 is 1.27 bits per heavy atom. The maximum Gasteiger partial charge on any atom is 0.339 e. The van der Waals surface area contributed by atoms with Crippen LogP contribution >= 0.6 is 11.6 Å². The van der Waals surface area contributed by atoms with Crippen LogP contribution in [0.15, 0.2) is 35.3 Å². The van der Waals surface area contributed by atoms with Gasteiger partial charge in [0.15, 0.2) is 0 Å². The average molecular weight is 322 g/mol. The molecule has 0 amide bonds. The highest BCUT2D eigenvalue weighted by Crippen LogP contribution is 2.25. The summed E-state index contributed by atoms with van der Waals surface area (Å²) in [6.45, 7) is 1.86. The molecular formula is C15H16ClN3O3. The second-order valence-corrected chi connectivity index (χ2v) is 5.46. The van der Waals surface area contributed by atoms with Crippen LogP contribution in [0.3, 0.4) is 0 Å². The number of aromatic carboxylic acids is 1. The number of nitrogens with zero attached hydrogens (tertiary/aromatic N) is 2. The van der Waals surface area contributed by atoms with Crippen LogP contribution in [0.5, 0.6) is 0 Å². The molecule has 0 aliphatic carbocycles. The van der Waals surface area contributed by atoms with Gasteiger partial charge in [0.1, 0.15) is 5.56 Å². The van der Waals surface area contributed by atoms with Gasteiger partial charge in [0.25, 0.3) is 5.56 Å². The van der Waals surface area contributed by atoms with E-state index in [-0.39, 0.29) is 16.8 Å². The number of pyridine rings is 1. The summed E-state index contributed by atoms with van der Waals surface area (Å²) in [6.07, 6.45) is 1.28. The molecule has 0 spiro atoms. The summed E-state index contributed by atoms with van der Waals surface area (Å²) in [7, 11) is 3.31. The first kappa shape index (κ1) is 15.9. The molecule has 1 aromatic carbocycles. The standard InChI is InChI=1S/C15H16ClN3O3/c1-9-4-5-10(16)6-12(9)17-13-7-14(20)19(18(2)3)8-11(13)15(21)22/h4-8,17H,1-3H3,(H,21,22). The average Bonchev–Trinajstić information content (AvgIpc) is 2.42. The summed E-state index contributed by atoms with van der Waals surface area (Å²) in [4.78, 5) is 23.5. The fraction of sp³-hybridized carbons (Fsp3) is 0.200. The Morgan fingerprint density at radius 3 is 2.55 bits per heavy atom. The molecule has 0 aliphatic rings. The number of halogens is 1. The van der Waals surface area contributed by atoms with Crippen LogP contribution in [0.25, 0.3) is 0 Å². The van der Waals surface area contributed by atoms with Gasteiger partial charge in [-0.3, -0.25) is 4.79 Å². The highest BCUT2D eigenvalue weighted by Gasteiger charge is 2.15. The number of benzene rings is 1. The first-order chi connectivity index (χ1) is 10.3. The Bertz CT molecular complexity index is 784. The number of carboxylic acids is 1. The Balaban J connectivity index is 2.55. The summed E-state index contributed by atoms with van der Waals surface area (Å²) in [6, 6.07) is 6.49. The highest BCUT2D eigenvalue weighted by molar-refractivity contribution is 6.30. The third-order valence-corrected chi connectivity index (χ3v) is 3.40. The van der Waals surface area contributed by atoms with Crippen LogP contribution in [-0.4, -0.2) is 29.8 Å². The second-order valence-electron chi connectivity index (χ2n) is 5.02. The van der Waals surface area contributed by atoms with Gasteiger partial charge in [0.2, 0.25) is 0 Å². The molecule has 0 bridgehead atoms. The van der Waals surface area contributed by atoms with E-state index in [9.17, 15) is 14.7 Å². The summed E-state index contributed by atoms with van der Waals surface area (Å²) in [5, 5.41) is 14.4. The van der Waals surface area contributed by atoms with Crippen LogP contribution in [0, 0.1) is 6.92 Å². The Labute approximate surface area is 132 Å². The van der Waals surface area contributed by atoms with E-state index in [4.69, 9.17) is 11.6 Å². The summed E-state index contributed by atoms with van der Waals surface area (Å²) < 4.78 is 1.22. The van der Waals surface area contributed by atoms with E-state index in [1.54, 1.807) is 26.2 Å². The van der Waals surface area contributed by atoms with Crippen molar-refractivity contribution in [1.82, 2.24) is 4.68 Å². The minimum Gasteiger partial charge on any atom is -0.478 e. The van der Waals surface area contributed by atoms with E-state index in [0.29, 0.717) is 10.7 Å². The van der Waals surface area contributed by atoms with E-state index in [2.05, 4.69) is 5.32 Å². The molecule has 116 valence electrons. The van der Waals surface area contributed by atoms with Crippen molar-refractivity contribution in [3.8, 4) is 0 Å². The van der Waals surface area contributed by atoms with Crippen LogP contribution in [0.4, 0.5) is 11.4 Å². The van der Waals surface area contributed by atoms with Crippen LogP contribution in [0.1, 0.15) is 15.9 Å². The largest absolute Gasteiger partial charge is 0.478 e. The molecule has 0 radical (unpaired) electrons. The van der Waals surface area contributed by atoms with E-state index in [0.717, 1.165) is 5.56 Å². The topological polar surface area (TPSA) is 74.6 Å². The van der Waals surface area contributed by atoms with Crippen molar-refractivity contribution in [3.63, 3.8) is 0 Å². The van der Waals surface area contributed by atoms with Crippen LogP contribution in [0.2, 0.25) is 5.02 Å². The van der Waals surface area contributed by atoms with Gasteiger partial charge in [0, 0.05) is 37.1 Å². The second kappa shape index (κ2) is 6.11.